The molecule has 11 heteroatoms. The summed E-state index contributed by atoms with van der Waals surface area (Å²) in [5.74, 6) is -0.124. The zero-order valence-corrected chi connectivity index (χ0v) is 17.9. The number of nitrogens with zero attached hydrogens (tertiary/aromatic N) is 3. The van der Waals surface area contributed by atoms with Gasteiger partial charge in [-0.1, -0.05) is 18.2 Å². The summed E-state index contributed by atoms with van der Waals surface area (Å²) in [6.07, 6.45) is -1.33. The van der Waals surface area contributed by atoms with E-state index in [1.807, 2.05) is 0 Å². The van der Waals surface area contributed by atoms with Crippen LogP contribution in [-0.2, 0) is 17.3 Å². The predicted octanol–water partition coefficient (Wildman–Crippen LogP) is 3.81. The van der Waals surface area contributed by atoms with E-state index in [9.17, 15) is 18.0 Å². The van der Waals surface area contributed by atoms with Crippen molar-refractivity contribution < 1.29 is 27.4 Å². The van der Waals surface area contributed by atoms with Crippen molar-refractivity contribution in [2.75, 3.05) is 19.8 Å². The standard InChI is InChI=1S/C21H21F3N4O3.ClH/c1-2-30-20(29)17-13-27-28(19(17)31-9-7-25)18-12-15(6-8-26-18)10-14-4-3-5-16(11-14)21(22,23)24;/h3-6,8,11-13H,2,7,9-10,25H2,1H3;1H. The number of esters is 1. The molecule has 7 nitrogen and oxygen atoms in total. The van der Waals surface area contributed by atoms with Crippen LogP contribution in [0.2, 0.25) is 0 Å². The molecule has 0 spiro atoms. The van der Waals surface area contributed by atoms with Crippen LogP contribution in [0.15, 0.2) is 48.8 Å². The van der Waals surface area contributed by atoms with E-state index in [1.165, 1.54) is 23.1 Å². The minimum absolute atomic E-state index is 0. The maximum absolute atomic E-state index is 13.0. The summed E-state index contributed by atoms with van der Waals surface area (Å²) in [6.45, 7) is 2.23. The lowest BCUT2D eigenvalue weighted by Gasteiger charge is -2.11. The maximum atomic E-state index is 13.0. The Labute approximate surface area is 188 Å². The van der Waals surface area contributed by atoms with Crippen LogP contribution in [0.1, 0.15) is 34.0 Å². The molecule has 32 heavy (non-hydrogen) atoms. The van der Waals surface area contributed by atoms with Crippen LogP contribution in [-0.4, -0.2) is 40.5 Å². The normalized spacial score (nSPS) is 11.0. The van der Waals surface area contributed by atoms with Crippen molar-refractivity contribution in [3.05, 3.63) is 71.0 Å². The monoisotopic (exact) mass is 470 g/mol. The second kappa shape index (κ2) is 11.0. The summed E-state index contributed by atoms with van der Waals surface area (Å²) in [4.78, 5) is 16.4. The third-order valence-corrected chi connectivity index (χ3v) is 4.27. The molecule has 0 atom stereocenters. The van der Waals surface area contributed by atoms with Crippen LogP contribution < -0.4 is 10.5 Å². The Morgan fingerprint density at radius 1 is 1.19 bits per heavy atom. The molecule has 172 valence electrons. The summed E-state index contributed by atoms with van der Waals surface area (Å²) in [6, 6.07) is 8.50. The first-order chi connectivity index (χ1) is 14.8. The molecule has 1 aromatic carbocycles. The summed E-state index contributed by atoms with van der Waals surface area (Å²) in [5, 5.41) is 4.18. The van der Waals surface area contributed by atoms with Gasteiger partial charge in [-0.3, -0.25) is 0 Å². The summed E-state index contributed by atoms with van der Waals surface area (Å²) >= 11 is 0. The number of aromatic nitrogens is 3. The van der Waals surface area contributed by atoms with Crippen LogP contribution in [0.5, 0.6) is 5.88 Å². The van der Waals surface area contributed by atoms with E-state index in [1.54, 1.807) is 25.1 Å². The van der Waals surface area contributed by atoms with Crippen LogP contribution >= 0.6 is 12.4 Å². The number of hydrogen-bond donors (Lipinski definition) is 1. The van der Waals surface area contributed by atoms with Crippen LogP contribution in [0.3, 0.4) is 0 Å². The van der Waals surface area contributed by atoms with Crippen molar-refractivity contribution >= 4 is 18.4 Å². The molecule has 3 rings (SSSR count). The summed E-state index contributed by atoms with van der Waals surface area (Å²) in [5.41, 5.74) is 6.13. The summed E-state index contributed by atoms with van der Waals surface area (Å²) in [7, 11) is 0. The highest BCUT2D eigenvalue weighted by Crippen LogP contribution is 2.30. The van der Waals surface area contributed by atoms with Crippen LogP contribution in [0.4, 0.5) is 13.2 Å². The van der Waals surface area contributed by atoms with E-state index in [0.29, 0.717) is 16.9 Å². The van der Waals surface area contributed by atoms with E-state index in [-0.39, 0.29) is 50.0 Å². The highest BCUT2D eigenvalue weighted by molar-refractivity contribution is 5.91. The number of carbonyl (C=O) groups excluding carboxylic acids is 1. The van der Waals surface area contributed by atoms with Gasteiger partial charge in [-0.05, 0) is 42.7 Å². The zero-order valence-electron chi connectivity index (χ0n) is 17.1. The third kappa shape index (κ3) is 5.98. The predicted molar refractivity (Wildman–Crippen MR) is 113 cm³/mol. The molecule has 0 aliphatic carbocycles. The number of benzene rings is 1. The van der Waals surface area contributed by atoms with E-state index < -0.39 is 17.7 Å². The van der Waals surface area contributed by atoms with Gasteiger partial charge in [0.15, 0.2) is 5.82 Å². The van der Waals surface area contributed by atoms with Crippen molar-refractivity contribution in [3.8, 4) is 11.7 Å². The number of ether oxygens (including phenoxy) is 2. The molecule has 0 saturated heterocycles. The van der Waals surface area contributed by atoms with Crippen molar-refractivity contribution in [2.24, 2.45) is 5.73 Å². The lowest BCUT2D eigenvalue weighted by molar-refractivity contribution is -0.137. The van der Waals surface area contributed by atoms with E-state index >= 15 is 0 Å². The first-order valence-corrected chi connectivity index (χ1v) is 9.53. The molecule has 0 saturated carbocycles. The van der Waals surface area contributed by atoms with Crippen LogP contribution in [0, 0.1) is 0 Å². The lowest BCUT2D eigenvalue weighted by Crippen LogP contribution is -2.15. The van der Waals surface area contributed by atoms with Gasteiger partial charge in [-0.2, -0.15) is 23.0 Å². The van der Waals surface area contributed by atoms with Crippen molar-refractivity contribution in [2.45, 2.75) is 19.5 Å². The van der Waals surface area contributed by atoms with E-state index in [2.05, 4.69) is 10.1 Å². The zero-order chi connectivity index (χ0) is 22.4. The fourth-order valence-corrected chi connectivity index (χ4v) is 2.92. The quantitative estimate of drug-likeness (QED) is 0.503. The number of rotatable bonds is 8. The Hall–Kier alpha value is -3.11. The number of nitrogens with two attached hydrogens (primary N) is 1. The van der Waals surface area contributed by atoms with Crippen LogP contribution in [0.25, 0.3) is 5.82 Å². The van der Waals surface area contributed by atoms with Gasteiger partial charge in [0, 0.05) is 12.7 Å². The first-order valence-electron chi connectivity index (χ1n) is 9.53. The maximum Gasteiger partial charge on any atom is 0.416 e. The fourth-order valence-electron chi connectivity index (χ4n) is 2.92. The lowest BCUT2D eigenvalue weighted by atomic mass is 10.0. The number of halogens is 4. The molecular weight excluding hydrogens is 449 g/mol. The molecule has 0 bridgehead atoms. The minimum Gasteiger partial charge on any atom is -0.476 e. The summed E-state index contributed by atoms with van der Waals surface area (Å²) < 4.78 is 50.9. The Morgan fingerprint density at radius 3 is 2.62 bits per heavy atom. The molecule has 2 N–H and O–H groups in total. The van der Waals surface area contributed by atoms with Gasteiger partial charge in [-0.25, -0.2) is 9.78 Å². The Bertz CT molecular complexity index is 1060. The number of pyridine rings is 1. The van der Waals surface area contributed by atoms with Gasteiger partial charge >= 0.3 is 12.1 Å². The molecule has 0 aliphatic rings. The van der Waals surface area contributed by atoms with E-state index in [0.717, 1.165) is 12.1 Å². The van der Waals surface area contributed by atoms with Crippen molar-refractivity contribution in [3.63, 3.8) is 0 Å². The molecule has 2 heterocycles. The number of carbonyl (C=O) groups is 1. The molecule has 0 fully saturated rings. The number of alkyl halides is 3. The smallest absolute Gasteiger partial charge is 0.416 e. The Morgan fingerprint density at radius 2 is 1.94 bits per heavy atom. The molecule has 3 aromatic rings. The number of hydrogen-bond acceptors (Lipinski definition) is 6. The largest absolute Gasteiger partial charge is 0.476 e. The highest BCUT2D eigenvalue weighted by atomic mass is 35.5. The first kappa shape index (κ1) is 25.2. The molecule has 0 aliphatic heterocycles. The molecule has 0 amide bonds. The van der Waals surface area contributed by atoms with Gasteiger partial charge in [0.05, 0.1) is 18.4 Å². The van der Waals surface area contributed by atoms with Crippen molar-refractivity contribution in [1.29, 1.82) is 0 Å². The molecule has 0 unspecified atom stereocenters. The van der Waals surface area contributed by atoms with Gasteiger partial charge in [0.1, 0.15) is 12.2 Å². The molecular formula is C21H22ClF3N4O3. The highest BCUT2D eigenvalue weighted by Gasteiger charge is 2.30. The average Bonchev–Trinajstić information content (AvgIpc) is 3.16. The Kier molecular flexibility index (Phi) is 8.62. The second-order valence-electron chi connectivity index (χ2n) is 6.53. The molecule has 0 radical (unpaired) electrons. The van der Waals surface area contributed by atoms with Gasteiger partial charge in [0.2, 0.25) is 5.88 Å². The Balaban J connectivity index is 0.00000363. The van der Waals surface area contributed by atoms with E-state index in [4.69, 9.17) is 15.2 Å². The third-order valence-electron chi connectivity index (χ3n) is 4.27. The molecule has 2 aromatic heterocycles. The van der Waals surface area contributed by atoms with Gasteiger partial charge < -0.3 is 15.2 Å². The fraction of sp³-hybridized carbons (Fsp3) is 0.286. The topological polar surface area (TPSA) is 92.3 Å². The minimum atomic E-state index is -4.41. The average molecular weight is 471 g/mol. The second-order valence-corrected chi connectivity index (χ2v) is 6.53. The SMILES string of the molecule is CCOC(=O)c1cnn(-c2cc(Cc3cccc(C(F)(F)F)c3)ccn2)c1OCCN.Cl. The van der Waals surface area contributed by atoms with Gasteiger partial charge in [0.25, 0.3) is 0 Å². The van der Waals surface area contributed by atoms with Gasteiger partial charge in [-0.15, -0.1) is 12.4 Å². The van der Waals surface area contributed by atoms with Crippen molar-refractivity contribution in [1.82, 2.24) is 14.8 Å².